The van der Waals surface area contributed by atoms with Gasteiger partial charge < -0.3 is 14.5 Å². The first-order chi connectivity index (χ1) is 21.7. The van der Waals surface area contributed by atoms with Gasteiger partial charge in [-0.05, 0) is 82.7 Å². The van der Waals surface area contributed by atoms with Gasteiger partial charge in [-0.15, -0.1) is 0 Å². The number of benzene rings is 4. The number of furan rings is 1. The van der Waals surface area contributed by atoms with Crippen molar-refractivity contribution >= 4 is 77.2 Å². The van der Waals surface area contributed by atoms with Gasteiger partial charge in [-0.25, -0.2) is 9.37 Å². The van der Waals surface area contributed by atoms with E-state index in [1.54, 1.807) is 36.4 Å². The third-order valence-corrected chi connectivity index (χ3v) is 7.58. The fourth-order valence-electron chi connectivity index (χ4n) is 4.46. The molecule has 0 saturated carbocycles. The van der Waals surface area contributed by atoms with E-state index in [2.05, 4.69) is 47.3 Å². The van der Waals surface area contributed by atoms with Crippen molar-refractivity contribution in [2.75, 3.05) is 11.9 Å². The van der Waals surface area contributed by atoms with E-state index in [1.807, 2.05) is 12.1 Å². The summed E-state index contributed by atoms with van der Waals surface area (Å²) in [6.07, 6.45) is 1.27. The molecule has 0 bridgehead atoms. The van der Waals surface area contributed by atoms with Gasteiger partial charge in [0.05, 0.1) is 26.5 Å². The van der Waals surface area contributed by atoms with E-state index in [1.165, 1.54) is 42.6 Å². The normalized spacial score (nSPS) is 11.4. The minimum Gasteiger partial charge on any atom is -0.476 e. The molecule has 6 aromatic rings. The summed E-state index contributed by atoms with van der Waals surface area (Å²) in [5, 5.41) is 19.9. The fourth-order valence-corrected chi connectivity index (χ4v) is 5.42. The zero-order valence-electron chi connectivity index (χ0n) is 22.7. The van der Waals surface area contributed by atoms with E-state index in [-0.39, 0.29) is 27.4 Å². The summed E-state index contributed by atoms with van der Waals surface area (Å²) in [6, 6.07) is 21.8. The fraction of sp³-hybridized carbons (Fsp3) is 0.0323. The van der Waals surface area contributed by atoms with Crippen LogP contribution >= 0.6 is 31.9 Å². The molecule has 0 unspecified atom stereocenters. The molecule has 0 aliphatic heterocycles. The smallest absolute Gasteiger partial charge is 0.312 e. The topological polar surface area (TPSA) is 142 Å². The third-order valence-electron chi connectivity index (χ3n) is 6.49. The molecule has 0 saturated heterocycles. The number of nitro benzene ring substituents is 1. The summed E-state index contributed by atoms with van der Waals surface area (Å²) in [6.45, 7) is -0.556. The predicted molar refractivity (Wildman–Crippen MR) is 173 cm³/mol. The number of nitrogens with one attached hydrogen (secondary N) is 1. The number of hydrogen-bond donors (Lipinski definition) is 1. The average molecular weight is 735 g/mol. The van der Waals surface area contributed by atoms with E-state index in [9.17, 15) is 24.1 Å². The first-order valence-electron chi connectivity index (χ1n) is 13.1. The van der Waals surface area contributed by atoms with Gasteiger partial charge in [0.2, 0.25) is 11.6 Å². The lowest BCUT2D eigenvalue weighted by Crippen LogP contribution is -2.20. The van der Waals surface area contributed by atoms with Gasteiger partial charge in [0, 0.05) is 27.2 Å². The van der Waals surface area contributed by atoms with E-state index >= 15 is 0 Å². The van der Waals surface area contributed by atoms with E-state index < -0.39 is 34.5 Å². The standard InChI is InChI=1S/C31H18Br2FN5O6/c32-19-5-10-26-18(13-19)14-27(45-26)30-37-24-4-2-1-3-22(24)31(41)38(30)35-15-17-11-23(33)29(25(12-17)39(42)43)44-16-28(40)36-21-8-6-20(34)7-9-21/h1-15H,16H2,(H,36,40). The Morgan fingerprint density at radius 2 is 1.87 bits per heavy atom. The molecule has 0 fully saturated rings. The van der Waals surface area contributed by atoms with Gasteiger partial charge in [0.15, 0.2) is 12.4 Å². The lowest BCUT2D eigenvalue weighted by Gasteiger charge is -2.10. The van der Waals surface area contributed by atoms with Crippen molar-refractivity contribution in [2.24, 2.45) is 5.10 Å². The van der Waals surface area contributed by atoms with Crippen molar-refractivity contribution in [3.63, 3.8) is 0 Å². The number of nitro groups is 1. The number of nitrogens with zero attached hydrogens (tertiary/aromatic N) is 4. The molecule has 224 valence electrons. The number of aromatic nitrogens is 2. The highest BCUT2D eigenvalue weighted by atomic mass is 79.9. The Morgan fingerprint density at radius 3 is 2.64 bits per heavy atom. The quantitative estimate of drug-likeness (QED) is 0.0984. The van der Waals surface area contributed by atoms with Crippen LogP contribution < -0.4 is 15.6 Å². The molecule has 6 rings (SSSR count). The minimum atomic E-state index is -0.670. The van der Waals surface area contributed by atoms with Crippen LogP contribution in [0.2, 0.25) is 0 Å². The first kappa shape index (κ1) is 29.8. The number of carbonyl (C=O) groups excluding carboxylic acids is 1. The van der Waals surface area contributed by atoms with E-state index in [0.717, 1.165) is 14.5 Å². The second-order valence-electron chi connectivity index (χ2n) is 9.56. The monoisotopic (exact) mass is 733 g/mol. The van der Waals surface area contributed by atoms with Gasteiger partial charge in [-0.3, -0.25) is 19.7 Å². The number of ether oxygens (including phenoxy) is 1. The number of anilines is 1. The van der Waals surface area contributed by atoms with E-state index in [4.69, 9.17) is 9.15 Å². The summed E-state index contributed by atoms with van der Waals surface area (Å²) in [4.78, 5) is 41.9. The summed E-state index contributed by atoms with van der Waals surface area (Å²) in [7, 11) is 0. The van der Waals surface area contributed by atoms with E-state index in [0.29, 0.717) is 22.2 Å². The summed E-state index contributed by atoms with van der Waals surface area (Å²) >= 11 is 6.72. The molecule has 2 heterocycles. The summed E-state index contributed by atoms with van der Waals surface area (Å²) < 4.78 is 26.7. The molecular formula is C31H18Br2FN5O6. The maximum absolute atomic E-state index is 13.6. The van der Waals surface area contributed by atoms with Crippen LogP contribution in [0.1, 0.15) is 5.56 Å². The number of rotatable bonds is 8. The van der Waals surface area contributed by atoms with Gasteiger partial charge in [0.1, 0.15) is 11.4 Å². The number of amides is 1. The Kier molecular flexibility index (Phi) is 8.24. The first-order valence-corrected chi connectivity index (χ1v) is 14.7. The molecule has 4 aromatic carbocycles. The largest absolute Gasteiger partial charge is 0.476 e. The van der Waals surface area contributed by atoms with Gasteiger partial charge >= 0.3 is 5.69 Å². The maximum atomic E-state index is 13.6. The Labute approximate surface area is 269 Å². The van der Waals surface area contributed by atoms with Crippen LogP contribution in [0.3, 0.4) is 0 Å². The number of para-hydroxylation sites is 1. The Balaban J connectivity index is 1.34. The number of fused-ring (bicyclic) bond motifs is 2. The van der Waals surface area contributed by atoms with Crippen molar-refractivity contribution in [3.05, 3.63) is 126 Å². The van der Waals surface area contributed by atoms with Gasteiger partial charge in [-0.2, -0.15) is 9.78 Å². The van der Waals surface area contributed by atoms with Crippen molar-refractivity contribution < 1.29 is 23.3 Å². The van der Waals surface area contributed by atoms with Crippen LogP contribution in [0.15, 0.2) is 108 Å². The Hall–Kier alpha value is -5.21. The second kappa shape index (κ2) is 12.4. The molecule has 1 amide bonds. The SMILES string of the molecule is O=C(COc1c(Br)cc(C=Nn2c(-c3cc4cc(Br)ccc4o3)nc3ccccc3c2=O)cc1[N+](=O)[O-])Nc1ccc(F)cc1. The van der Waals surface area contributed by atoms with Crippen LogP contribution in [0, 0.1) is 15.9 Å². The number of halogens is 3. The van der Waals surface area contributed by atoms with Crippen LogP contribution in [0.5, 0.6) is 5.75 Å². The molecule has 45 heavy (non-hydrogen) atoms. The van der Waals surface area contributed by atoms with Crippen molar-refractivity contribution in [3.8, 4) is 17.3 Å². The molecule has 2 aromatic heterocycles. The van der Waals surface area contributed by atoms with Crippen LogP contribution in [0.25, 0.3) is 33.5 Å². The van der Waals surface area contributed by atoms with Crippen molar-refractivity contribution in [1.29, 1.82) is 0 Å². The zero-order valence-corrected chi connectivity index (χ0v) is 25.9. The van der Waals surface area contributed by atoms with Crippen LogP contribution in [0.4, 0.5) is 15.8 Å². The highest BCUT2D eigenvalue weighted by Gasteiger charge is 2.22. The Morgan fingerprint density at radius 1 is 1.09 bits per heavy atom. The lowest BCUT2D eigenvalue weighted by atomic mass is 10.2. The molecule has 0 aliphatic carbocycles. The van der Waals surface area contributed by atoms with Crippen LogP contribution in [-0.2, 0) is 4.79 Å². The lowest BCUT2D eigenvalue weighted by molar-refractivity contribution is -0.385. The zero-order chi connectivity index (χ0) is 31.7. The summed E-state index contributed by atoms with van der Waals surface area (Å²) in [5.41, 5.74) is 0.665. The number of hydrogen-bond acceptors (Lipinski definition) is 8. The Bertz CT molecular complexity index is 2220. The van der Waals surface area contributed by atoms with Gasteiger partial charge in [-0.1, -0.05) is 28.1 Å². The third kappa shape index (κ3) is 6.37. The molecule has 0 spiro atoms. The van der Waals surface area contributed by atoms with Crippen LogP contribution in [-0.4, -0.2) is 33.3 Å². The average Bonchev–Trinajstić information content (AvgIpc) is 3.44. The number of carbonyl (C=O) groups is 1. The molecule has 1 N–H and O–H groups in total. The van der Waals surface area contributed by atoms with Crippen molar-refractivity contribution in [2.45, 2.75) is 0 Å². The molecule has 11 nitrogen and oxygen atoms in total. The molecule has 14 heteroatoms. The predicted octanol–water partition coefficient (Wildman–Crippen LogP) is 7.28. The molecule has 0 radical (unpaired) electrons. The maximum Gasteiger partial charge on any atom is 0.312 e. The molecular weight excluding hydrogens is 717 g/mol. The summed E-state index contributed by atoms with van der Waals surface area (Å²) in [5.74, 6) is -0.846. The van der Waals surface area contributed by atoms with Crippen molar-refractivity contribution in [1.82, 2.24) is 9.66 Å². The van der Waals surface area contributed by atoms with Gasteiger partial charge in [0.25, 0.3) is 11.5 Å². The minimum absolute atomic E-state index is 0.128. The highest BCUT2D eigenvalue weighted by Crippen LogP contribution is 2.36. The molecule has 0 atom stereocenters. The second-order valence-corrected chi connectivity index (χ2v) is 11.3. The molecule has 0 aliphatic rings. The highest BCUT2D eigenvalue weighted by molar-refractivity contribution is 9.10.